The van der Waals surface area contributed by atoms with E-state index in [0.717, 1.165) is 11.6 Å². The first-order valence-corrected chi connectivity index (χ1v) is 10.5. The molecule has 8 nitrogen and oxygen atoms in total. The van der Waals surface area contributed by atoms with Crippen molar-refractivity contribution in [1.82, 2.24) is 0 Å². The molecule has 0 unspecified atom stereocenters. The van der Waals surface area contributed by atoms with Crippen molar-refractivity contribution in [2.75, 3.05) is 10.0 Å². The van der Waals surface area contributed by atoms with Crippen molar-refractivity contribution < 1.29 is 18.1 Å². The van der Waals surface area contributed by atoms with E-state index in [1.807, 2.05) is 0 Å². The fourth-order valence-corrected chi connectivity index (χ4v) is 3.92. The molecule has 0 saturated carbocycles. The van der Waals surface area contributed by atoms with Crippen molar-refractivity contribution >= 4 is 44.6 Å². The van der Waals surface area contributed by atoms with Crippen LogP contribution in [0.3, 0.4) is 0 Å². The standard InChI is InChI=1S/C20H16ClN3O5S/c1-13-4-2-3-5-18(13)23-30(28,29)16-9-7-15(8-10-16)22-20(25)14-6-11-17(21)19(12-14)24(26)27/h2-12,23H,1H3,(H,22,25). The number of nitrogens with zero attached hydrogens (tertiary/aromatic N) is 1. The van der Waals surface area contributed by atoms with Gasteiger partial charge in [-0.1, -0.05) is 29.8 Å². The van der Waals surface area contributed by atoms with Gasteiger partial charge in [0, 0.05) is 17.3 Å². The van der Waals surface area contributed by atoms with E-state index >= 15 is 0 Å². The molecule has 1 amide bonds. The maximum Gasteiger partial charge on any atom is 0.288 e. The number of carbonyl (C=O) groups excluding carboxylic acids is 1. The number of hydrogen-bond donors (Lipinski definition) is 2. The number of amides is 1. The molecule has 30 heavy (non-hydrogen) atoms. The first kappa shape index (κ1) is 21.3. The molecular weight excluding hydrogens is 430 g/mol. The van der Waals surface area contributed by atoms with Gasteiger partial charge in [-0.2, -0.15) is 0 Å². The van der Waals surface area contributed by atoms with Crippen molar-refractivity contribution in [2.24, 2.45) is 0 Å². The average molecular weight is 446 g/mol. The zero-order valence-corrected chi connectivity index (χ0v) is 17.2. The van der Waals surface area contributed by atoms with E-state index < -0.39 is 20.9 Å². The van der Waals surface area contributed by atoms with Crippen LogP contribution in [-0.4, -0.2) is 19.2 Å². The number of benzene rings is 3. The molecule has 0 atom stereocenters. The molecule has 0 aromatic heterocycles. The van der Waals surface area contributed by atoms with E-state index in [1.54, 1.807) is 31.2 Å². The Balaban J connectivity index is 1.76. The van der Waals surface area contributed by atoms with Crippen LogP contribution in [0.5, 0.6) is 0 Å². The van der Waals surface area contributed by atoms with Gasteiger partial charge in [0.1, 0.15) is 5.02 Å². The monoisotopic (exact) mass is 445 g/mol. The summed E-state index contributed by atoms with van der Waals surface area (Å²) in [5.41, 5.74) is 1.24. The molecule has 3 rings (SSSR count). The summed E-state index contributed by atoms with van der Waals surface area (Å²) in [5.74, 6) is -0.594. The highest BCUT2D eigenvalue weighted by atomic mass is 35.5. The molecule has 3 aromatic carbocycles. The number of nitrogens with one attached hydrogen (secondary N) is 2. The van der Waals surface area contributed by atoms with Crippen LogP contribution < -0.4 is 10.0 Å². The first-order chi connectivity index (χ1) is 14.2. The van der Waals surface area contributed by atoms with Crippen LogP contribution in [0.25, 0.3) is 0 Å². The molecular formula is C20H16ClN3O5S. The number of hydrogen-bond acceptors (Lipinski definition) is 5. The second-order valence-corrected chi connectivity index (χ2v) is 8.41. The highest BCUT2D eigenvalue weighted by Crippen LogP contribution is 2.26. The van der Waals surface area contributed by atoms with Crippen LogP contribution in [-0.2, 0) is 10.0 Å². The lowest BCUT2D eigenvalue weighted by atomic mass is 10.2. The molecule has 0 radical (unpaired) electrons. The van der Waals surface area contributed by atoms with Gasteiger partial charge in [0.2, 0.25) is 0 Å². The van der Waals surface area contributed by atoms with E-state index in [2.05, 4.69) is 10.0 Å². The Kier molecular flexibility index (Phi) is 6.04. The number of nitro benzene ring substituents is 1. The van der Waals surface area contributed by atoms with Crippen LogP contribution >= 0.6 is 11.6 Å². The lowest BCUT2D eigenvalue weighted by molar-refractivity contribution is -0.384. The Morgan fingerprint density at radius 1 is 1.03 bits per heavy atom. The van der Waals surface area contributed by atoms with Crippen LogP contribution in [0.4, 0.5) is 17.1 Å². The van der Waals surface area contributed by atoms with Gasteiger partial charge in [0.15, 0.2) is 0 Å². The second-order valence-electron chi connectivity index (χ2n) is 6.32. The molecule has 0 bridgehead atoms. The molecule has 3 aromatic rings. The Morgan fingerprint density at radius 3 is 2.33 bits per heavy atom. The third kappa shape index (κ3) is 4.76. The highest BCUT2D eigenvalue weighted by Gasteiger charge is 2.18. The number of rotatable bonds is 6. The quantitative estimate of drug-likeness (QED) is 0.424. The number of sulfonamides is 1. The number of nitro groups is 1. The normalized spacial score (nSPS) is 11.0. The minimum atomic E-state index is -3.81. The Morgan fingerprint density at radius 2 is 1.70 bits per heavy atom. The van der Waals surface area contributed by atoms with Crippen LogP contribution in [0.1, 0.15) is 15.9 Å². The molecule has 10 heteroatoms. The lowest BCUT2D eigenvalue weighted by Gasteiger charge is -2.11. The minimum Gasteiger partial charge on any atom is -0.322 e. The molecule has 0 aliphatic heterocycles. The summed E-state index contributed by atoms with van der Waals surface area (Å²) in [6.07, 6.45) is 0. The molecule has 0 heterocycles. The number of carbonyl (C=O) groups is 1. The number of para-hydroxylation sites is 1. The van der Waals surface area contributed by atoms with Crippen LogP contribution in [0.15, 0.2) is 71.6 Å². The van der Waals surface area contributed by atoms with E-state index in [4.69, 9.17) is 11.6 Å². The predicted molar refractivity (Wildman–Crippen MR) is 114 cm³/mol. The first-order valence-electron chi connectivity index (χ1n) is 8.61. The van der Waals surface area contributed by atoms with Gasteiger partial charge in [-0.3, -0.25) is 19.6 Å². The fraction of sp³-hybridized carbons (Fsp3) is 0.0500. The third-order valence-electron chi connectivity index (χ3n) is 4.22. The van der Waals surface area contributed by atoms with Crippen LogP contribution in [0.2, 0.25) is 5.02 Å². The molecule has 0 spiro atoms. The van der Waals surface area contributed by atoms with Crippen LogP contribution in [0, 0.1) is 17.0 Å². The topological polar surface area (TPSA) is 118 Å². The molecule has 0 aliphatic rings. The third-order valence-corrected chi connectivity index (χ3v) is 5.92. The van der Waals surface area contributed by atoms with Gasteiger partial charge in [-0.15, -0.1) is 0 Å². The summed E-state index contributed by atoms with van der Waals surface area (Å²) >= 11 is 5.75. The molecule has 2 N–H and O–H groups in total. The molecule has 0 fully saturated rings. The summed E-state index contributed by atoms with van der Waals surface area (Å²) in [7, 11) is -3.81. The number of halogens is 1. The lowest BCUT2D eigenvalue weighted by Crippen LogP contribution is -2.15. The number of aryl methyl sites for hydroxylation is 1. The van der Waals surface area contributed by atoms with Gasteiger partial charge < -0.3 is 5.32 Å². The zero-order valence-electron chi connectivity index (χ0n) is 15.6. The Bertz CT molecular complexity index is 1230. The van der Waals surface area contributed by atoms with E-state index in [1.165, 1.54) is 36.4 Å². The van der Waals surface area contributed by atoms with Gasteiger partial charge in [-0.05, 0) is 55.0 Å². The summed E-state index contributed by atoms with van der Waals surface area (Å²) in [6, 6.07) is 16.2. The maximum absolute atomic E-state index is 12.6. The minimum absolute atomic E-state index is 0.0193. The summed E-state index contributed by atoms with van der Waals surface area (Å²) in [4.78, 5) is 22.7. The van der Waals surface area contributed by atoms with Crippen molar-refractivity contribution in [3.63, 3.8) is 0 Å². The second kappa shape index (κ2) is 8.52. The molecule has 0 aliphatic carbocycles. The van der Waals surface area contributed by atoms with Crippen molar-refractivity contribution in [2.45, 2.75) is 11.8 Å². The van der Waals surface area contributed by atoms with E-state index in [9.17, 15) is 23.3 Å². The zero-order chi connectivity index (χ0) is 21.9. The summed E-state index contributed by atoms with van der Waals surface area (Å²) in [5, 5.41) is 13.4. The maximum atomic E-state index is 12.6. The average Bonchev–Trinajstić information content (AvgIpc) is 2.70. The summed E-state index contributed by atoms with van der Waals surface area (Å²) < 4.78 is 27.7. The molecule has 0 saturated heterocycles. The Labute approximate surface area is 177 Å². The highest BCUT2D eigenvalue weighted by molar-refractivity contribution is 7.92. The van der Waals surface area contributed by atoms with E-state index in [-0.39, 0.29) is 21.2 Å². The van der Waals surface area contributed by atoms with E-state index in [0.29, 0.717) is 11.4 Å². The van der Waals surface area contributed by atoms with Gasteiger partial charge >= 0.3 is 0 Å². The predicted octanol–water partition coefficient (Wildman–Crippen LogP) is 4.61. The molecule has 154 valence electrons. The van der Waals surface area contributed by atoms with Gasteiger partial charge in [0.05, 0.1) is 15.5 Å². The smallest absolute Gasteiger partial charge is 0.288 e. The van der Waals surface area contributed by atoms with Gasteiger partial charge in [-0.25, -0.2) is 8.42 Å². The van der Waals surface area contributed by atoms with Crippen molar-refractivity contribution in [3.8, 4) is 0 Å². The Hall–Kier alpha value is -3.43. The SMILES string of the molecule is Cc1ccccc1NS(=O)(=O)c1ccc(NC(=O)c2ccc(Cl)c([N+](=O)[O-])c2)cc1. The van der Waals surface area contributed by atoms with Crippen molar-refractivity contribution in [3.05, 3.63) is 93.0 Å². The van der Waals surface area contributed by atoms with Crippen molar-refractivity contribution in [1.29, 1.82) is 0 Å². The number of anilines is 2. The summed E-state index contributed by atoms with van der Waals surface area (Å²) in [6.45, 7) is 1.79. The largest absolute Gasteiger partial charge is 0.322 e. The fourth-order valence-electron chi connectivity index (χ4n) is 2.61. The van der Waals surface area contributed by atoms with Gasteiger partial charge in [0.25, 0.3) is 21.6 Å².